The van der Waals surface area contributed by atoms with E-state index in [1.807, 2.05) is 6.92 Å². The van der Waals surface area contributed by atoms with Crippen molar-refractivity contribution >= 4 is 99.2 Å². The number of thiazole rings is 2. The molecule has 3 N–H and O–H groups in total. The van der Waals surface area contributed by atoms with Crippen LogP contribution in [0.3, 0.4) is 0 Å². The lowest BCUT2D eigenvalue weighted by atomic mass is 10.2. The van der Waals surface area contributed by atoms with Crippen LogP contribution in [-0.2, 0) is 11.8 Å². The summed E-state index contributed by atoms with van der Waals surface area (Å²) in [5, 5.41) is 6.45. The Labute approximate surface area is 335 Å². The molecule has 0 unspecified atom stereocenters. The lowest BCUT2D eigenvalue weighted by Crippen LogP contribution is -2.19. The van der Waals surface area contributed by atoms with E-state index in [4.69, 9.17) is 4.74 Å². The van der Waals surface area contributed by atoms with Crippen molar-refractivity contribution in [3.63, 3.8) is 0 Å². The number of unbranched alkanes of at least 4 members (excludes halogenated alkanes) is 1. The molecule has 0 saturated carbocycles. The Balaban J connectivity index is 1.07. The Morgan fingerprint density at radius 2 is 1.27 bits per heavy atom. The minimum atomic E-state index is -4.88. The van der Waals surface area contributed by atoms with Gasteiger partial charge in [-0.1, -0.05) is 36.0 Å². The third-order valence-electron chi connectivity index (χ3n) is 8.60. The van der Waals surface area contributed by atoms with Crippen LogP contribution in [0.4, 0.5) is 48.5 Å². The van der Waals surface area contributed by atoms with Crippen molar-refractivity contribution in [1.82, 2.24) is 29.2 Å². The van der Waals surface area contributed by atoms with Crippen LogP contribution in [-0.4, -0.2) is 60.4 Å². The number of benzene rings is 4. The Kier molecular flexibility index (Phi) is 10.1. The second-order valence-electron chi connectivity index (χ2n) is 12.7. The Morgan fingerprint density at radius 3 is 1.93 bits per heavy atom. The lowest BCUT2D eigenvalue weighted by Gasteiger charge is -2.11. The number of anilines is 4. The number of imidazole rings is 2. The monoisotopic (exact) mass is 855 g/mol. The maximum absolute atomic E-state index is 13.8. The third-order valence-corrected chi connectivity index (χ3v) is 10.5. The van der Waals surface area contributed by atoms with Gasteiger partial charge >= 0.3 is 18.7 Å². The van der Waals surface area contributed by atoms with Crippen molar-refractivity contribution < 1.29 is 50.1 Å². The molecule has 0 aliphatic carbocycles. The molecule has 0 atom stereocenters. The number of carbonyl (C=O) groups excluding carboxylic acids is 2. The van der Waals surface area contributed by atoms with E-state index in [2.05, 4.69) is 45.5 Å². The summed E-state index contributed by atoms with van der Waals surface area (Å²) in [5.74, 6) is -1.61. The molecule has 22 heteroatoms. The first-order valence-electron chi connectivity index (χ1n) is 17.4. The number of amides is 1. The van der Waals surface area contributed by atoms with E-state index in [0.29, 0.717) is 60.0 Å². The molecular formula is C37H27F6N9O5S2. The number of hydrogen-bond acceptors (Lipinski definition) is 13. The number of esters is 1. The number of hydrogen-bond donors (Lipinski definition) is 3. The van der Waals surface area contributed by atoms with E-state index in [1.165, 1.54) is 47.1 Å². The summed E-state index contributed by atoms with van der Waals surface area (Å²) in [5.41, 5.74) is 6.09. The molecule has 4 heterocycles. The third kappa shape index (κ3) is 8.62. The molecule has 8 rings (SSSR count). The summed E-state index contributed by atoms with van der Waals surface area (Å²) in [6.07, 6.45) is -8.20. The molecule has 0 spiro atoms. The fourth-order valence-corrected chi connectivity index (χ4v) is 7.69. The minimum Gasteiger partial charge on any atom is -0.462 e. The van der Waals surface area contributed by atoms with Gasteiger partial charge in [0.2, 0.25) is 17.0 Å². The maximum atomic E-state index is 13.8. The van der Waals surface area contributed by atoms with Crippen LogP contribution < -0.4 is 25.5 Å². The quantitative estimate of drug-likeness (QED) is 0.0610. The summed E-state index contributed by atoms with van der Waals surface area (Å²) in [6, 6.07) is 17.0. The summed E-state index contributed by atoms with van der Waals surface area (Å²) in [6.45, 7) is 2.20. The highest BCUT2D eigenvalue weighted by atomic mass is 32.1. The van der Waals surface area contributed by atoms with Crippen LogP contribution in [0, 0.1) is 0 Å². The predicted molar refractivity (Wildman–Crippen MR) is 209 cm³/mol. The van der Waals surface area contributed by atoms with Crippen molar-refractivity contribution in [2.45, 2.75) is 32.5 Å². The first kappa shape index (κ1) is 39.2. The SMILES string of the molecule is CCCCOC(=O)c1ccc2c(c1)nc(NC(=O)c1ccc3c(c1)nc(Nc1nc4ccc(OC(F)(F)F)cc4s1)n3C)n2Nc1nc2ccc(OC(F)(F)F)cc2s1. The molecule has 0 aliphatic heterocycles. The van der Waals surface area contributed by atoms with Crippen LogP contribution in [0.2, 0.25) is 0 Å². The number of halogens is 6. The second kappa shape index (κ2) is 15.2. The van der Waals surface area contributed by atoms with E-state index < -0.39 is 30.4 Å². The number of rotatable bonds is 12. The van der Waals surface area contributed by atoms with Crippen LogP contribution >= 0.6 is 22.7 Å². The summed E-state index contributed by atoms with van der Waals surface area (Å²) < 4.78 is 94.2. The number of alkyl halides is 6. The summed E-state index contributed by atoms with van der Waals surface area (Å²) in [4.78, 5) is 44.7. The number of fused-ring (bicyclic) bond motifs is 4. The van der Waals surface area contributed by atoms with Crippen LogP contribution in [0.1, 0.15) is 40.5 Å². The van der Waals surface area contributed by atoms with E-state index in [9.17, 15) is 35.9 Å². The first-order chi connectivity index (χ1) is 28.1. The molecule has 8 aromatic rings. The maximum Gasteiger partial charge on any atom is 0.573 e. The number of aromatic nitrogens is 6. The van der Waals surface area contributed by atoms with Gasteiger partial charge < -0.3 is 24.1 Å². The van der Waals surface area contributed by atoms with Crippen molar-refractivity contribution in [2.75, 3.05) is 22.7 Å². The first-order valence-corrected chi connectivity index (χ1v) is 19.1. The van der Waals surface area contributed by atoms with Crippen LogP contribution in [0.15, 0.2) is 72.8 Å². The van der Waals surface area contributed by atoms with Gasteiger partial charge in [0.15, 0.2) is 5.13 Å². The molecule has 0 fully saturated rings. The minimum absolute atomic E-state index is 0.00930. The molecular weight excluding hydrogens is 829 g/mol. The van der Waals surface area contributed by atoms with Gasteiger partial charge in [-0.3, -0.25) is 15.5 Å². The number of nitrogens with one attached hydrogen (secondary N) is 3. The van der Waals surface area contributed by atoms with Crippen LogP contribution in [0.5, 0.6) is 11.5 Å². The topological polar surface area (TPSA) is 159 Å². The van der Waals surface area contributed by atoms with Gasteiger partial charge in [-0.2, -0.15) is 0 Å². The molecule has 0 bridgehead atoms. The van der Waals surface area contributed by atoms with Gasteiger partial charge in [0.05, 0.1) is 54.7 Å². The van der Waals surface area contributed by atoms with Crippen molar-refractivity contribution in [3.8, 4) is 11.5 Å². The van der Waals surface area contributed by atoms with E-state index in [1.54, 1.807) is 35.9 Å². The van der Waals surface area contributed by atoms with Crippen LogP contribution in [0.25, 0.3) is 42.5 Å². The molecule has 4 aromatic heterocycles. The highest BCUT2D eigenvalue weighted by molar-refractivity contribution is 7.22. The van der Waals surface area contributed by atoms with Crippen molar-refractivity contribution in [1.29, 1.82) is 0 Å². The summed E-state index contributed by atoms with van der Waals surface area (Å²) in [7, 11) is 1.73. The fourth-order valence-electron chi connectivity index (χ4n) is 5.92. The average molecular weight is 856 g/mol. The Hall–Kier alpha value is -6.68. The number of carbonyl (C=O) groups is 2. The van der Waals surface area contributed by atoms with E-state index in [0.717, 1.165) is 35.2 Å². The molecule has 59 heavy (non-hydrogen) atoms. The molecule has 14 nitrogen and oxygen atoms in total. The smallest absolute Gasteiger partial charge is 0.462 e. The molecule has 0 aliphatic rings. The molecule has 4 aromatic carbocycles. The van der Waals surface area contributed by atoms with Gasteiger partial charge in [-0.15, -0.1) is 26.3 Å². The standard InChI is InChI=1S/C37H27F6N9O5S2/c1-3-4-13-55-31(54)19-6-12-27-25(15-19)45-33(52(27)50-35-47-23-10-8-21(17-29(23)59-35)57-37(41,42)43)48-30(53)18-5-11-26-24(14-18)44-32(51(26)2)49-34-46-22-9-7-20(16-28(22)58-34)56-36(38,39)40/h5-12,14-17H,3-4,13H2,1-2H3,(H,47,50)(H,44,46,49)(H,45,48,53). The average Bonchev–Trinajstić information content (AvgIpc) is 3.93. The molecule has 0 saturated heterocycles. The van der Waals surface area contributed by atoms with E-state index in [-0.39, 0.29) is 34.6 Å². The van der Waals surface area contributed by atoms with Gasteiger partial charge in [-0.05, 0) is 67.1 Å². The predicted octanol–water partition coefficient (Wildman–Crippen LogP) is 9.77. The Bertz CT molecular complexity index is 2900. The second-order valence-corrected chi connectivity index (χ2v) is 14.8. The van der Waals surface area contributed by atoms with Gasteiger partial charge in [0.1, 0.15) is 11.5 Å². The number of nitrogens with zero attached hydrogens (tertiary/aromatic N) is 6. The Morgan fingerprint density at radius 1 is 0.695 bits per heavy atom. The highest BCUT2D eigenvalue weighted by Gasteiger charge is 2.32. The highest BCUT2D eigenvalue weighted by Crippen LogP contribution is 2.35. The van der Waals surface area contributed by atoms with Gasteiger partial charge in [-0.25, -0.2) is 29.4 Å². The van der Waals surface area contributed by atoms with Gasteiger partial charge in [0.25, 0.3) is 5.91 Å². The number of aryl methyl sites for hydroxylation is 1. The van der Waals surface area contributed by atoms with Gasteiger partial charge in [0, 0.05) is 24.7 Å². The van der Waals surface area contributed by atoms with Crippen molar-refractivity contribution in [3.05, 3.63) is 83.9 Å². The summed E-state index contributed by atoms with van der Waals surface area (Å²) >= 11 is 2.12. The zero-order chi connectivity index (χ0) is 41.6. The molecule has 1 amide bonds. The van der Waals surface area contributed by atoms with E-state index >= 15 is 0 Å². The molecule has 304 valence electrons. The zero-order valence-corrected chi connectivity index (χ0v) is 32.0. The normalized spacial score (nSPS) is 12.1. The molecule has 0 radical (unpaired) electrons. The number of ether oxygens (including phenoxy) is 3. The largest absolute Gasteiger partial charge is 0.573 e. The van der Waals surface area contributed by atoms with Crippen molar-refractivity contribution in [2.24, 2.45) is 7.05 Å². The lowest BCUT2D eigenvalue weighted by molar-refractivity contribution is -0.275. The zero-order valence-electron chi connectivity index (χ0n) is 30.4. The fraction of sp³-hybridized carbons (Fsp3) is 0.189.